The highest BCUT2D eigenvalue weighted by atomic mass is 16.5. The lowest BCUT2D eigenvalue weighted by atomic mass is 10.2. The van der Waals surface area contributed by atoms with Crippen molar-refractivity contribution in [3.63, 3.8) is 0 Å². The molecule has 0 bridgehead atoms. The van der Waals surface area contributed by atoms with Crippen molar-refractivity contribution in [2.45, 2.75) is 32.2 Å². The molecule has 0 amide bonds. The number of rotatable bonds is 7. The van der Waals surface area contributed by atoms with E-state index in [2.05, 4.69) is 15.3 Å². The molecule has 0 radical (unpaired) electrons. The van der Waals surface area contributed by atoms with Gasteiger partial charge in [-0.15, -0.1) is 0 Å². The minimum absolute atomic E-state index is 0.0525. The maximum atomic E-state index is 11.5. The van der Waals surface area contributed by atoms with Gasteiger partial charge in [0.05, 0.1) is 0 Å². The van der Waals surface area contributed by atoms with E-state index in [-0.39, 0.29) is 23.7 Å². The Bertz CT molecular complexity index is 484. The number of aromatic nitrogens is 2. The number of carboxylic acids is 1. The molecule has 0 aliphatic rings. The van der Waals surface area contributed by atoms with E-state index >= 15 is 0 Å². The van der Waals surface area contributed by atoms with Crippen molar-refractivity contribution in [3.8, 4) is 0 Å². The number of hydrogen-bond acceptors (Lipinski definition) is 5. The molecular formula is C12H19N3O4. The Labute approximate surface area is 111 Å². The van der Waals surface area contributed by atoms with Crippen LogP contribution in [0.15, 0.2) is 10.9 Å². The summed E-state index contributed by atoms with van der Waals surface area (Å²) in [5, 5.41) is 11.8. The normalized spacial score (nSPS) is 12.4. The molecule has 1 atom stereocenters. The summed E-state index contributed by atoms with van der Waals surface area (Å²) in [6.45, 7) is 4.09. The van der Waals surface area contributed by atoms with Crippen LogP contribution in [0.25, 0.3) is 0 Å². The molecule has 0 aliphatic carbocycles. The topological polar surface area (TPSA) is 104 Å². The van der Waals surface area contributed by atoms with Crippen LogP contribution < -0.4 is 10.9 Å². The summed E-state index contributed by atoms with van der Waals surface area (Å²) in [7, 11) is 1.50. The number of carboxylic acid groups (broad SMARTS) is 1. The van der Waals surface area contributed by atoms with Crippen molar-refractivity contribution in [2.75, 3.05) is 19.0 Å². The van der Waals surface area contributed by atoms with E-state index in [9.17, 15) is 9.59 Å². The molecule has 7 heteroatoms. The summed E-state index contributed by atoms with van der Waals surface area (Å²) < 4.78 is 4.85. The second kappa shape index (κ2) is 6.89. The third-order valence-corrected chi connectivity index (χ3v) is 2.54. The summed E-state index contributed by atoms with van der Waals surface area (Å²) in [5.41, 5.74) is -0.308. The van der Waals surface area contributed by atoms with E-state index in [1.807, 2.05) is 13.8 Å². The number of nitrogens with zero attached hydrogens (tertiary/aromatic N) is 1. The van der Waals surface area contributed by atoms with Gasteiger partial charge in [0.2, 0.25) is 0 Å². The Morgan fingerprint density at radius 2 is 2.26 bits per heavy atom. The number of methoxy groups -OCH3 is 1. The highest BCUT2D eigenvalue weighted by molar-refractivity contribution is 5.76. The SMILES string of the molecule is COCCC(Nc1cc(=O)[nH]c(C(C)C)n1)C(=O)O. The fourth-order valence-electron chi connectivity index (χ4n) is 1.50. The molecule has 0 aromatic carbocycles. The van der Waals surface area contributed by atoms with Gasteiger partial charge in [0.1, 0.15) is 17.7 Å². The summed E-state index contributed by atoms with van der Waals surface area (Å²) in [4.78, 5) is 29.4. The van der Waals surface area contributed by atoms with Crippen LogP contribution in [-0.2, 0) is 9.53 Å². The predicted octanol–water partition coefficient (Wildman–Crippen LogP) is 0.795. The minimum atomic E-state index is -1.01. The molecule has 1 aromatic heterocycles. The lowest BCUT2D eigenvalue weighted by Crippen LogP contribution is -2.31. The monoisotopic (exact) mass is 269 g/mol. The van der Waals surface area contributed by atoms with Gasteiger partial charge in [0.15, 0.2) is 0 Å². The van der Waals surface area contributed by atoms with E-state index < -0.39 is 12.0 Å². The number of H-pyrrole nitrogens is 1. The summed E-state index contributed by atoms with van der Waals surface area (Å²) >= 11 is 0. The number of nitrogens with one attached hydrogen (secondary N) is 2. The van der Waals surface area contributed by atoms with Crippen LogP contribution in [0.3, 0.4) is 0 Å². The molecule has 0 spiro atoms. The molecule has 3 N–H and O–H groups in total. The molecule has 106 valence electrons. The maximum absolute atomic E-state index is 11.5. The number of anilines is 1. The van der Waals surface area contributed by atoms with Gasteiger partial charge in [-0.3, -0.25) is 4.79 Å². The molecule has 0 saturated heterocycles. The lowest BCUT2D eigenvalue weighted by molar-refractivity contribution is -0.138. The van der Waals surface area contributed by atoms with Gasteiger partial charge in [-0.1, -0.05) is 13.8 Å². The summed E-state index contributed by atoms with van der Waals surface area (Å²) in [6, 6.07) is 0.406. The van der Waals surface area contributed by atoms with Gasteiger partial charge >= 0.3 is 5.97 Å². The van der Waals surface area contributed by atoms with Crippen LogP contribution in [0.1, 0.15) is 32.0 Å². The van der Waals surface area contributed by atoms with E-state index in [0.717, 1.165) is 0 Å². The molecular weight excluding hydrogens is 250 g/mol. The van der Waals surface area contributed by atoms with Gasteiger partial charge in [0.25, 0.3) is 5.56 Å². The van der Waals surface area contributed by atoms with Crippen LogP contribution in [-0.4, -0.2) is 40.8 Å². The Morgan fingerprint density at radius 3 is 2.79 bits per heavy atom. The number of ether oxygens (including phenoxy) is 1. The Morgan fingerprint density at radius 1 is 1.58 bits per heavy atom. The van der Waals surface area contributed by atoms with Crippen molar-refractivity contribution >= 4 is 11.8 Å². The van der Waals surface area contributed by atoms with Gasteiger partial charge in [-0.2, -0.15) is 0 Å². The van der Waals surface area contributed by atoms with E-state index in [1.165, 1.54) is 13.2 Å². The Balaban J connectivity index is 2.89. The zero-order valence-electron chi connectivity index (χ0n) is 11.3. The van der Waals surface area contributed by atoms with Gasteiger partial charge in [0, 0.05) is 32.1 Å². The van der Waals surface area contributed by atoms with Crippen LogP contribution in [0, 0.1) is 0 Å². The molecule has 19 heavy (non-hydrogen) atoms. The quantitative estimate of drug-likeness (QED) is 0.676. The van der Waals surface area contributed by atoms with E-state index in [4.69, 9.17) is 9.84 Å². The standard InChI is InChI=1S/C12H19N3O4/c1-7(2)11-14-9(6-10(16)15-11)13-8(12(17)18)4-5-19-3/h6-8H,4-5H2,1-3H3,(H,17,18)(H2,13,14,15,16). The maximum Gasteiger partial charge on any atom is 0.326 e. The predicted molar refractivity (Wildman–Crippen MR) is 70.5 cm³/mol. The average molecular weight is 269 g/mol. The molecule has 0 fully saturated rings. The first-order chi connectivity index (χ1) is 8.93. The van der Waals surface area contributed by atoms with Crippen LogP contribution >= 0.6 is 0 Å². The number of carbonyl (C=O) groups is 1. The van der Waals surface area contributed by atoms with Crippen LogP contribution in [0.5, 0.6) is 0 Å². The number of hydrogen-bond donors (Lipinski definition) is 3. The zero-order valence-corrected chi connectivity index (χ0v) is 11.3. The highest BCUT2D eigenvalue weighted by Crippen LogP contribution is 2.10. The highest BCUT2D eigenvalue weighted by Gasteiger charge is 2.18. The molecule has 0 aliphatic heterocycles. The number of aromatic amines is 1. The molecule has 1 aromatic rings. The lowest BCUT2D eigenvalue weighted by Gasteiger charge is -2.15. The Hall–Kier alpha value is -1.89. The third kappa shape index (κ3) is 4.70. The summed E-state index contributed by atoms with van der Waals surface area (Å²) in [5.74, 6) is -0.177. The second-order valence-electron chi connectivity index (χ2n) is 4.49. The van der Waals surface area contributed by atoms with Gasteiger partial charge < -0.3 is 20.1 Å². The van der Waals surface area contributed by atoms with Crippen molar-refractivity contribution < 1.29 is 14.6 Å². The first-order valence-corrected chi connectivity index (χ1v) is 6.03. The summed E-state index contributed by atoms with van der Waals surface area (Å²) in [6.07, 6.45) is 0.289. The first kappa shape index (κ1) is 15.2. The fourth-order valence-corrected chi connectivity index (χ4v) is 1.50. The van der Waals surface area contributed by atoms with E-state index in [0.29, 0.717) is 12.4 Å². The molecule has 1 rings (SSSR count). The Kier molecular flexibility index (Phi) is 5.50. The minimum Gasteiger partial charge on any atom is -0.480 e. The second-order valence-corrected chi connectivity index (χ2v) is 4.49. The largest absolute Gasteiger partial charge is 0.480 e. The first-order valence-electron chi connectivity index (χ1n) is 6.03. The third-order valence-electron chi connectivity index (χ3n) is 2.54. The van der Waals surface area contributed by atoms with Crippen molar-refractivity contribution in [2.24, 2.45) is 0 Å². The van der Waals surface area contributed by atoms with Crippen molar-refractivity contribution in [1.29, 1.82) is 0 Å². The molecule has 1 heterocycles. The molecule has 7 nitrogen and oxygen atoms in total. The van der Waals surface area contributed by atoms with Crippen molar-refractivity contribution in [1.82, 2.24) is 9.97 Å². The molecule has 1 unspecified atom stereocenters. The zero-order chi connectivity index (χ0) is 14.4. The van der Waals surface area contributed by atoms with Crippen LogP contribution in [0.2, 0.25) is 0 Å². The smallest absolute Gasteiger partial charge is 0.326 e. The molecule has 0 saturated carbocycles. The van der Waals surface area contributed by atoms with Crippen molar-refractivity contribution in [3.05, 3.63) is 22.2 Å². The average Bonchev–Trinajstić information content (AvgIpc) is 2.33. The van der Waals surface area contributed by atoms with E-state index in [1.54, 1.807) is 0 Å². The van der Waals surface area contributed by atoms with Gasteiger partial charge in [-0.25, -0.2) is 9.78 Å². The van der Waals surface area contributed by atoms with Gasteiger partial charge in [-0.05, 0) is 0 Å². The fraction of sp³-hybridized carbons (Fsp3) is 0.583. The van der Waals surface area contributed by atoms with Crippen LogP contribution in [0.4, 0.5) is 5.82 Å². The number of aliphatic carboxylic acids is 1.